The quantitative estimate of drug-likeness (QED) is 0.428. The number of guanidine groups is 1. The maximum absolute atomic E-state index is 4.69. The van der Waals surface area contributed by atoms with Gasteiger partial charge in [0.15, 0.2) is 5.96 Å². The molecule has 2 unspecified atom stereocenters. The van der Waals surface area contributed by atoms with Crippen molar-refractivity contribution in [3.8, 4) is 0 Å². The van der Waals surface area contributed by atoms with Crippen molar-refractivity contribution in [1.82, 2.24) is 15.5 Å². The number of hydrogen-bond acceptors (Lipinski definition) is 2. The Kier molecular flexibility index (Phi) is 7.97. The summed E-state index contributed by atoms with van der Waals surface area (Å²) in [5.41, 5.74) is 0. The molecular weight excluding hydrogens is 248 g/mol. The van der Waals surface area contributed by atoms with Crippen LogP contribution in [-0.4, -0.2) is 49.1 Å². The van der Waals surface area contributed by atoms with E-state index in [1.54, 1.807) is 0 Å². The molecule has 0 aromatic carbocycles. The first kappa shape index (κ1) is 17.3. The highest BCUT2D eigenvalue weighted by Gasteiger charge is 2.31. The summed E-state index contributed by atoms with van der Waals surface area (Å²) in [6, 6.07) is 1.15. The van der Waals surface area contributed by atoms with Gasteiger partial charge in [0.2, 0.25) is 0 Å². The van der Waals surface area contributed by atoms with Gasteiger partial charge in [-0.15, -0.1) is 0 Å². The molecule has 0 aliphatic carbocycles. The number of nitrogens with one attached hydrogen (secondary N) is 2. The Morgan fingerprint density at radius 1 is 1.25 bits per heavy atom. The summed E-state index contributed by atoms with van der Waals surface area (Å²) >= 11 is 0. The van der Waals surface area contributed by atoms with E-state index in [0.717, 1.165) is 25.6 Å². The molecular formula is C16H34N4. The van der Waals surface area contributed by atoms with Crippen molar-refractivity contribution in [3.63, 3.8) is 0 Å². The van der Waals surface area contributed by atoms with Crippen molar-refractivity contribution in [2.45, 2.75) is 66.0 Å². The Morgan fingerprint density at radius 2 is 2.00 bits per heavy atom. The van der Waals surface area contributed by atoms with Crippen LogP contribution in [-0.2, 0) is 0 Å². The van der Waals surface area contributed by atoms with Gasteiger partial charge in [-0.25, -0.2) is 0 Å². The van der Waals surface area contributed by atoms with Gasteiger partial charge < -0.3 is 10.6 Å². The Bertz CT molecular complexity index is 288. The normalized spacial score (nSPS) is 24.4. The van der Waals surface area contributed by atoms with Gasteiger partial charge in [0.25, 0.3) is 0 Å². The lowest BCUT2D eigenvalue weighted by Gasteiger charge is -2.21. The van der Waals surface area contributed by atoms with E-state index in [4.69, 9.17) is 4.99 Å². The Labute approximate surface area is 125 Å². The Hall–Kier alpha value is -0.770. The monoisotopic (exact) mass is 282 g/mol. The van der Waals surface area contributed by atoms with E-state index in [-0.39, 0.29) is 0 Å². The fraction of sp³-hybridized carbons (Fsp3) is 0.938. The molecule has 2 atom stereocenters. The van der Waals surface area contributed by atoms with Crippen molar-refractivity contribution in [2.24, 2.45) is 10.9 Å². The molecule has 0 aromatic rings. The van der Waals surface area contributed by atoms with Crippen molar-refractivity contribution >= 4 is 5.96 Å². The van der Waals surface area contributed by atoms with Gasteiger partial charge in [0, 0.05) is 38.3 Å². The van der Waals surface area contributed by atoms with Crippen molar-refractivity contribution in [2.75, 3.05) is 26.2 Å². The third kappa shape index (κ3) is 5.70. The highest BCUT2D eigenvalue weighted by Crippen LogP contribution is 2.18. The van der Waals surface area contributed by atoms with Crippen LogP contribution in [0.15, 0.2) is 4.99 Å². The van der Waals surface area contributed by atoms with Crippen LogP contribution in [0.2, 0.25) is 0 Å². The molecule has 4 heteroatoms. The summed E-state index contributed by atoms with van der Waals surface area (Å²) in [4.78, 5) is 7.24. The Morgan fingerprint density at radius 3 is 2.55 bits per heavy atom. The molecule has 0 aromatic heterocycles. The number of unbranched alkanes of at least 4 members (excludes halogenated alkanes) is 2. The van der Waals surface area contributed by atoms with Gasteiger partial charge in [0.05, 0.1) is 0 Å². The second-order valence-corrected chi connectivity index (χ2v) is 6.24. The molecule has 1 saturated heterocycles. The molecule has 118 valence electrons. The van der Waals surface area contributed by atoms with E-state index >= 15 is 0 Å². The summed E-state index contributed by atoms with van der Waals surface area (Å²) < 4.78 is 0. The molecule has 0 bridgehead atoms. The van der Waals surface area contributed by atoms with Crippen LogP contribution >= 0.6 is 0 Å². The fourth-order valence-electron chi connectivity index (χ4n) is 2.66. The first-order chi connectivity index (χ1) is 9.58. The van der Waals surface area contributed by atoms with Crippen LogP contribution in [0.1, 0.15) is 53.9 Å². The summed E-state index contributed by atoms with van der Waals surface area (Å²) in [5.74, 6) is 1.67. The lowest BCUT2D eigenvalue weighted by Crippen LogP contribution is -2.46. The maximum Gasteiger partial charge on any atom is 0.191 e. The lowest BCUT2D eigenvalue weighted by atomic mass is 10.1. The van der Waals surface area contributed by atoms with Crippen LogP contribution in [0.3, 0.4) is 0 Å². The fourth-order valence-corrected chi connectivity index (χ4v) is 2.66. The smallest absolute Gasteiger partial charge is 0.191 e. The zero-order chi connectivity index (χ0) is 15.0. The minimum atomic E-state index is 0.515. The van der Waals surface area contributed by atoms with E-state index in [0.29, 0.717) is 18.0 Å². The van der Waals surface area contributed by atoms with E-state index in [1.165, 1.54) is 25.8 Å². The van der Waals surface area contributed by atoms with Gasteiger partial charge in [-0.2, -0.15) is 0 Å². The first-order valence-corrected chi connectivity index (χ1v) is 8.37. The third-order valence-electron chi connectivity index (χ3n) is 4.07. The van der Waals surface area contributed by atoms with E-state index in [1.807, 2.05) is 0 Å². The molecule has 0 amide bonds. The van der Waals surface area contributed by atoms with Crippen LogP contribution in [0.25, 0.3) is 0 Å². The van der Waals surface area contributed by atoms with Crippen molar-refractivity contribution in [1.29, 1.82) is 0 Å². The van der Waals surface area contributed by atoms with Gasteiger partial charge in [-0.3, -0.25) is 9.89 Å². The van der Waals surface area contributed by atoms with Gasteiger partial charge in [-0.1, -0.05) is 26.7 Å². The highest BCUT2D eigenvalue weighted by molar-refractivity contribution is 5.80. The van der Waals surface area contributed by atoms with E-state index in [9.17, 15) is 0 Å². The predicted octanol–water partition coefficient (Wildman–Crippen LogP) is 2.46. The first-order valence-electron chi connectivity index (χ1n) is 8.37. The predicted molar refractivity (Wildman–Crippen MR) is 88.3 cm³/mol. The minimum Gasteiger partial charge on any atom is -0.357 e. The molecule has 0 spiro atoms. The van der Waals surface area contributed by atoms with Crippen molar-refractivity contribution < 1.29 is 0 Å². The topological polar surface area (TPSA) is 39.7 Å². The highest BCUT2D eigenvalue weighted by atomic mass is 15.3. The van der Waals surface area contributed by atoms with E-state index in [2.05, 4.69) is 50.2 Å². The second kappa shape index (κ2) is 9.22. The molecule has 1 rings (SSSR count). The summed E-state index contributed by atoms with van der Waals surface area (Å²) in [7, 11) is 0. The van der Waals surface area contributed by atoms with Gasteiger partial charge in [-0.05, 0) is 33.1 Å². The van der Waals surface area contributed by atoms with Crippen LogP contribution in [0, 0.1) is 5.92 Å². The maximum atomic E-state index is 4.69. The number of nitrogens with zero attached hydrogens (tertiary/aromatic N) is 2. The molecule has 0 saturated carbocycles. The summed E-state index contributed by atoms with van der Waals surface area (Å²) in [6.45, 7) is 15.4. The summed E-state index contributed by atoms with van der Waals surface area (Å²) in [5, 5.41) is 7.00. The lowest BCUT2D eigenvalue weighted by molar-refractivity contribution is 0.265. The molecule has 4 nitrogen and oxygen atoms in total. The molecule has 0 radical (unpaired) electrons. The van der Waals surface area contributed by atoms with Gasteiger partial charge in [0.1, 0.15) is 0 Å². The third-order valence-corrected chi connectivity index (χ3v) is 4.07. The number of hydrogen-bond donors (Lipinski definition) is 2. The zero-order valence-corrected chi connectivity index (χ0v) is 14.1. The second-order valence-electron chi connectivity index (χ2n) is 6.24. The van der Waals surface area contributed by atoms with Crippen molar-refractivity contribution in [3.05, 3.63) is 0 Å². The molecule has 1 heterocycles. The van der Waals surface area contributed by atoms with Crippen LogP contribution < -0.4 is 10.6 Å². The van der Waals surface area contributed by atoms with E-state index < -0.39 is 0 Å². The number of rotatable bonds is 7. The molecule has 1 aliphatic rings. The van der Waals surface area contributed by atoms with Crippen LogP contribution in [0.4, 0.5) is 0 Å². The number of likely N-dealkylation sites (tertiary alicyclic amines) is 1. The van der Waals surface area contributed by atoms with Gasteiger partial charge >= 0.3 is 0 Å². The molecule has 1 fully saturated rings. The molecule has 1 aliphatic heterocycles. The summed E-state index contributed by atoms with van der Waals surface area (Å²) in [6.07, 6.45) is 3.71. The average molecular weight is 282 g/mol. The standard InChI is InChI=1S/C16H34N4/c1-6-8-9-10-18-16(17-7-2)19-15-12-20(13(3)4)11-14(15)5/h13-15H,6-12H2,1-5H3,(H2,17,18,19). The zero-order valence-electron chi connectivity index (χ0n) is 14.1. The average Bonchev–Trinajstić information content (AvgIpc) is 2.76. The molecule has 20 heavy (non-hydrogen) atoms. The largest absolute Gasteiger partial charge is 0.357 e. The SMILES string of the molecule is CCCCCN=C(NCC)NC1CN(C(C)C)CC1C. The molecule has 2 N–H and O–H groups in total. The van der Waals surface area contributed by atoms with Crippen LogP contribution in [0.5, 0.6) is 0 Å². The minimum absolute atomic E-state index is 0.515. The number of aliphatic imine (C=N–C) groups is 1. The Balaban J connectivity index is 2.48.